The molecule has 3 N–H and O–H groups in total. The summed E-state index contributed by atoms with van der Waals surface area (Å²) >= 11 is 0. The van der Waals surface area contributed by atoms with Crippen LogP contribution in [-0.2, 0) is 0 Å². The summed E-state index contributed by atoms with van der Waals surface area (Å²) in [7, 11) is 0. The van der Waals surface area contributed by atoms with Crippen LogP contribution < -0.4 is 0 Å². The first kappa shape index (κ1) is 19.4. The quantitative estimate of drug-likeness (QED) is 0.610. The first-order valence-corrected chi connectivity index (χ1v) is 9.63. The SMILES string of the molecule is Oc1c(C=NC2=CC=CC2)c(O)c(C=NC2=CC=CC2)c(O)c1C=NC1=CC=CC1. The molecule has 0 fully saturated rings. The van der Waals surface area contributed by atoms with Gasteiger partial charge in [0.2, 0.25) is 0 Å². The molecule has 0 unspecified atom stereocenters. The zero-order valence-corrected chi connectivity index (χ0v) is 16.2. The number of phenolic OH excluding ortho intramolecular Hbond substituents is 3. The standard InChI is InChI=1S/C24H21N3O3/c28-22-19(13-25-16-7-1-2-8-16)23(29)21(15-27-18-11-5-6-12-18)24(30)20(22)14-26-17-9-3-4-10-17/h1-7,9,11,13-15,28-30H,8,10,12H2. The number of nitrogens with zero attached hydrogens (tertiary/aromatic N) is 3. The molecule has 0 bridgehead atoms. The minimum Gasteiger partial charge on any atom is -0.506 e. The van der Waals surface area contributed by atoms with E-state index in [-0.39, 0.29) is 33.9 Å². The van der Waals surface area contributed by atoms with E-state index in [2.05, 4.69) is 15.0 Å². The maximum atomic E-state index is 10.8. The molecule has 1 aromatic carbocycles. The smallest absolute Gasteiger partial charge is 0.140 e. The molecule has 0 spiro atoms. The molecule has 6 nitrogen and oxygen atoms in total. The first-order chi connectivity index (χ1) is 14.6. The highest BCUT2D eigenvalue weighted by molar-refractivity contribution is 6.04. The average molecular weight is 399 g/mol. The fourth-order valence-electron chi connectivity index (χ4n) is 3.18. The monoisotopic (exact) mass is 399 g/mol. The fraction of sp³-hybridized carbons (Fsp3) is 0.125. The maximum absolute atomic E-state index is 10.8. The average Bonchev–Trinajstić information content (AvgIpc) is 3.51. The Hall–Kier alpha value is -3.93. The van der Waals surface area contributed by atoms with Crippen molar-refractivity contribution in [2.75, 3.05) is 0 Å². The Morgan fingerprint density at radius 2 is 0.833 bits per heavy atom. The Balaban J connectivity index is 1.77. The molecular weight excluding hydrogens is 378 g/mol. The van der Waals surface area contributed by atoms with E-state index < -0.39 is 0 Å². The normalized spacial score (nSPS) is 17.8. The van der Waals surface area contributed by atoms with E-state index in [9.17, 15) is 15.3 Å². The van der Waals surface area contributed by atoms with Gasteiger partial charge in [-0.2, -0.15) is 0 Å². The third kappa shape index (κ3) is 4.07. The molecule has 3 aliphatic rings. The molecule has 0 aromatic heterocycles. The summed E-state index contributed by atoms with van der Waals surface area (Å²) in [6, 6.07) is 0. The van der Waals surface area contributed by atoms with E-state index in [1.54, 1.807) is 0 Å². The molecule has 0 saturated heterocycles. The Bertz CT molecular complexity index is 979. The van der Waals surface area contributed by atoms with Crippen LogP contribution in [0.2, 0.25) is 0 Å². The second-order valence-corrected chi connectivity index (χ2v) is 6.93. The number of hydrogen-bond acceptors (Lipinski definition) is 6. The molecule has 0 atom stereocenters. The number of benzene rings is 1. The maximum Gasteiger partial charge on any atom is 0.140 e. The van der Waals surface area contributed by atoms with Gasteiger partial charge < -0.3 is 15.3 Å². The van der Waals surface area contributed by atoms with Crippen LogP contribution in [0.15, 0.2) is 86.8 Å². The highest BCUT2D eigenvalue weighted by atomic mass is 16.3. The largest absolute Gasteiger partial charge is 0.506 e. The molecule has 3 aliphatic carbocycles. The summed E-state index contributed by atoms with van der Waals surface area (Å²) in [6.45, 7) is 0. The summed E-state index contributed by atoms with van der Waals surface area (Å²) in [5, 5.41) is 32.3. The highest BCUT2D eigenvalue weighted by Gasteiger charge is 2.21. The number of allylic oxidation sites excluding steroid dienone is 9. The second kappa shape index (κ2) is 8.61. The molecule has 0 saturated carbocycles. The molecule has 150 valence electrons. The Labute approximate surface area is 174 Å². The lowest BCUT2D eigenvalue weighted by Crippen LogP contribution is -1.98. The van der Waals surface area contributed by atoms with Gasteiger partial charge in [-0.1, -0.05) is 36.5 Å². The van der Waals surface area contributed by atoms with Crippen molar-refractivity contribution < 1.29 is 15.3 Å². The summed E-state index contributed by atoms with van der Waals surface area (Å²) in [6.07, 6.45) is 23.4. The van der Waals surface area contributed by atoms with E-state index >= 15 is 0 Å². The van der Waals surface area contributed by atoms with Crippen molar-refractivity contribution in [3.05, 3.63) is 88.5 Å². The fourth-order valence-corrected chi connectivity index (χ4v) is 3.18. The summed E-state index contributed by atoms with van der Waals surface area (Å²) in [5.41, 5.74) is 2.70. The number of hydrogen-bond donors (Lipinski definition) is 3. The third-order valence-corrected chi connectivity index (χ3v) is 4.86. The predicted octanol–water partition coefficient (Wildman–Crippen LogP) is 4.59. The number of aromatic hydroxyl groups is 3. The second-order valence-electron chi connectivity index (χ2n) is 6.93. The number of aliphatic imine (C=N–C) groups is 3. The molecule has 4 rings (SSSR count). The van der Waals surface area contributed by atoms with Crippen LogP contribution in [0, 0.1) is 0 Å². The molecule has 0 amide bonds. The molecule has 30 heavy (non-hydrogen) atoms. The molecule has 0 heterocycles. The van der Waals surface area contributed by atoms with Gasteiger partial charge in [-0.05, 0) is 18.2 Å². The minimum atomic E-state index is -0.297. The van der Waals surface area contributed by atoms with Crippen molar-refractivity contribution in [3.63, 3.8) is 0 Å². The van der Waals surface area contributed by atoms with Crippen molar-refractivity contribution in [2.45, 2.75) is 19.3 Å². The Morgan fingerprint density at radius 1 is 0.533 bits per heavy atom. The highest BCUT2D eigenvalue weighted by Crippen LogP contribution is 2.40. The van der Waals surface area contributed by atoms with Crippen LogP contribution in [0.5, 0.6) is 17.2 Å². The van der Waals surface area contributed by atoms with E-state index in [0.717, 1.165) is 17.1 Å². The van der Waals surface area contributed by atoms with Gasteiger partial charge in [-0.3, -0.25) is 15.0 Å². The third-order valence-electron chi connectivity index (χ3n) is 4.86. The van der Waals surface area contributed by atoms with Gasteiger partial charge in [0.05, 0.1) is 16.7 Å². The topological polar surface area (TPSA) is 97.8 Å². The molecular formula is C24H21N3O3. The van der Waals surface area contributed by atoms with Crippen LogP contribution in [0.25, 0.3) is 0 Å². The lowest BCUT2D eigenvalue weighted by Gasteiger charge is -2.12. The van der Waals surface area contributed by atoms with E-state index in [0.29, 0.717) is 19.3 Å². The number of phenols is 3. The predicted molar refractivity (Wildman–Crippen MR) is 120 cm³/mol. The molecule has 0 radical (unpaired) electrons. The summed E-state index contributed by atoms with van der Waals surface area (Å²) < 4.78 is 0. The zero-order valence-electron chi connectivity index (χ0n) is 16.2. The molecule has 6 heteroatoms. The van der Waals surface area contributed by atoms with Gasteiger partial charge in [-0.15, -0.1) is 0 Å². The van der Waals surface area contributed by atoms with Crippen molar-refractivity contribution in [1.82, 2.24) is 0 Å². The van der Waals surface area contributed by atoms with E-state index in [4.69, 9.17) is 0 Å². The van der Waals surface area contributed by atoms with Gasteiger partial charge in [0.15, 0.2) is 0 Å². The molecule has 0 aliphatic heterocycles. The Morgan fingerprint density at radius 3 is 1.07 bits per heavy atom. The van der Waals surface area contributed by atoms with Crippen molar-refractivity contribution in [2.24, 2.45) is 15.0 Å². The zero-order chi connectivity index (χ0) is 20.9. The summed E-state index contributed by atoms with van der Waals surface area (Å²) in [4.78, 5) is 13.0. The van der Waals surface area contributed by atoms with Crippen LogP contribution in [0.1, 0.15) is 36.0 Å². The van der Waals surface area contributed by atoms with Crippen LogP contribution in [0.3, 0.4) is 0 Å². The van der Waals surface area contributed by atoms with Gasteiger partial charge in [-0.25, -0.2) is 0 Å². The summed E-state index contributed by atoms with van der Waals surface area (Å²) in [5.74, 6) is -0.890. The minimum absolute atomic E-state index is 0.0977. The van der Waals surface area contributed by atoms with Crippen molar-refractivity contribution >= 4 is 18.6 Å². The van der Waals surface area contributed by atoms with Gasteiger partial charge in [0.25, 0.3) is 0 Å². The van der Waals surface area contributed by atoms with Gasteiger partial charge in [0.1, 0.15) is 17.2 Å². The van der Waals surface area contributed by atoms with Crippen LogP contribution in [0.4, 0.5) is 0 Å². The van der Waals surface area contributed by atoms with E-state index in [1.165, 1.54) is 18.6 Å². The molecule has 1 aromatic rings. The lowest BCUT2D eigenvalue weighted by atomic mass is 10.0. The van der Waals surface area contributed by atoms with Crippen molar-refractivity contribution in [1.29, 1.82) is 0 Å². The number of rotatable bonds is 6. The van der Waals surface area contributed by atoms with Gasteiger partial charge in [0, 0.05) is 55.0 Å². The van der Waals surface area contributed by atoms with Crippen LogP contribution in [-0.4, -0.2) is 34.0 Å². The van der Waals surface area contributed by atoms with Crippen LogP contribution >= 0.6 is 0 Å². The Kier molecular flexibility index (Phi) is 5.57. The lowest BCUT2D eigenvalue weighted by molar-refractivity contribution is 0.425. The van der Waals surface area contributed by atoms with Gasteiger partial charge >= 0.3 is 0 Å². The van der Waals surface area contributed by atoms with E-state index in [1.807, 2.05) is 54.7 Å². The van der Waals surface area contributed by atoms with Crippen molar-refractivity contribution in [3.8, 4) is 17.2 Å². The first-order valence-electron chi connectivity index (χ1n) is 9.63.